The summed E-state index contributed by atoms with van der Waals surface area (Å²) in [5.41, 5.74) is 8.46. The fraction of sp³-hybridized carbons (Fsp3) is 0.443. The van der Waals surface area contributed by atoms with Gasteiger partial charge in [0, 0.05) is 119 Å². The average molecular weight is 1840 g/mol. The zero-order valence-electron chi connectivity index (χ0n) is 84.0. The Kier molecular flexibility index (Phi) is 50.9. The number of pyridine rings is 5. The second kappa shape index (κ2) is 62.5. The lowest BCUT2D eigenvalue weighted by Gasteiger charge is -2.38. The molecule has 5 aliphatic heterocycles. The Morgan fingerprint density at radius 1 is 0.326 bits per heavy atom. The highest BCUT2D eigenvalue weighted by Crippen LogP contribution is 2.32. The molecule has 0 spiro atoms. The van der Waals surface area contributed by atoms with E-state index in [0.717, 1.165) is 204 Å². The van der Waals surface area contributed by atoms with E-state index in [0.29, 0.717) is 60.7 Å². The summed E-state index contributed by atoms with van der Waals surface area (Å²) >= 11 is 0. The van der Waals surface area contributed by atoms with Crippen LogP contribution in [-0.2, 0) is 14.2 Å². The summed E-state index contributed by atoms with van der Waals surface area (Å²) in [5.74, 6) is 14.5. The number of carbonyl (C=O) groups excluding carboxylic acids is 2. The second-order valence-electron chi connectivity index (χ2n) is 36.1. The van der Waals surface area contributed by atoms with E-state index in [1.807, 2.05) is 211 Å². The Balaban J connectivity index is 0.000000209. The molecule has 5 aliphatic rings. The number of amides is 3. The van der Waals surface area contributed by atoms with Crippen LogP contribution in [0.4, 0.5) is 4.79 Å². The maximum atomic E-state index is 12.2. The van der Waals surface area contributed by atoms with Crippen LogP contribution in [0, 0.1) is 30.2 Å². The number of ether oxygens (including phenoxy) is 9. The van der Waals surface area contributed by atoms with Gasteiger partial charge in [-0.15, -0.1) is 0 Å². The fourth-order valence-corrected chi connectivity index (χ4v) is 14.7. The van der Waals surface area contributed by atoms with E-state index in [-0.39, 0.29) is 18.0 Å². The van der Waals surface area contributed by atoms with Crippen molar-refractivity contribution in [1.29, 1.82) is 0 Å². The molecule has 0 radical (unpaired) electrons. The highest BCUT2D eigenvalue weighted by atomic mass is 16.5. The standard InChI is InChI=1S/C15H21NO.C15H16O.3C14H15NO.C13H24N2O2.2C13H19NO2.C2H3N.C2H6/c1-12(2)13-8-10-16(11-9-13)15(17)14-6-4-3-5-7-14;1-12(2)13-8-10-15(11-9-13)16-14-6-4-3-5-7-14;1-11(2)12-3-5-13(6-4-12)16-14-7-9-15-10-8-14;1-11(2)12-5-7-13(8-6-12)16-14-4-3-9-15-10-14;1-11(2)12-6-8-13(9-7-12)16-14-5-3-4-10-15-14;1-11(2)12-3-5-14(6-4-12)13(16)15-7-9-17-10-8-15;1-10(2)13-4-3-12(9-14-13)16-11-5-7-15-8-6-11;1-10(2)11-3-4-13(14-9-11)16-12-5-7-15-8-6-12;1-3-2;1-2/h3-7,12-13H,8-11H2,1-2H3;3-12H,1-2H3;3*3-11H,1-2H3;11-12H,3-10H2,1-2H3;3-4,9-11H,5-8H2,1-2H3;3-4,9-10,12H,5-8H2,1-2H3;1H3;1-2H3. The third kappa shape index (κ3) is 42.2. The SMILES string of the molecule is CC.CC(C)C1CCN(C(=O)N2CCOCC2)CC1.CC(C)C1CCN(C(=O)c2ccccc2)CC1.CC(C)c1ccc(OC2CCOCC2)cn1.CC(C)c1ccc(OC2CCOCC2)nc1.CC(C)c1ccc(Oc2ccccc2)cc1.CC(C)c1ccc(Oc2ccccn2)cc1.CC(C)c1ccc(Oc2cccnc2)cc1.CC(C)c1ccc(Oc2ccncc2)cc1.[C-]#[N+]C. The van der Waals surface area contributed by atoms with Crippen molar-refractivity contribution >= 4 is 11.9 Å². The van der Waals surface area contributed by atoms with Gasteiger partial charge in [-0.1, -0.05) is 222 Å². The minimum absolute atomic E-state index is 0.188. The summed E-state index contributed by atoms with van der Waals surface area (Å²) in [6.07, 6.45) is 21.4. The van der Waals surface area contributed by atoms with Crippen LogP contribution in [0.2, 0.25) is 0 Å². The topological polar surface area (TPSA) is 196 Å². The summed E-state index contributed by atoms with van der Waals surface area (Å²) in [7, 11) is 1.42. The predicted octanol–water partition coefficient (Wildman–Crippen LogP) is 28.7. The molecule has 16 rings (SSSR count). The maximum Gasteiger partial charge on any atom is 0.320 e. The molecular weight excluding hydrogens is 1680 g/mol. The van der Waals surface area contributed by atoms with E-state index < -0.39 is 0 Å². The van der Waals surface area contributed by atoms with Gasteiger partial charge in [-0.3, -0.25) is 19.7 Å². The van der Waals surface area contributed by atoms with Gasteiger partial charge in [0.1, 0.15) is 58.2 Å². The highest BCUT2D eigenvalue weighted by Gasteiger charge is 2.29. The van der Waals surface area contributed by atoms with Crippen molar-refractivity contribution < 1.29 is 52.2 Å². The van der Waals surface area contributed by atoms with Crippen molar-refractivity contribution in [1.82, 2.24) is 39.6 Å². The number of likely N-dealkylation sites (tertiary alicyclic amines) is 2. The molecule has 20 nitrogen and oxygen atoms in total. The van der Waals surface area contributed by atoms with Crippen molar-refractivity contribution in [2.45, 2.75) is 224 Å². The Hall–Kier alpha value is -12.0. The van der Waals surface area contributed by atoms with Crippen molar-refractivity contribution in [3.63, 3.8) is 0 Å². The van der Waals surface area contributed by atoms with Crippen LogP contribution in [0.3, 0.4) is 0 Å². The molecule has 0 unspecified atom stereocenters. The molecule has 0 aliphatic carbocycles. The number of benzene rings is 6. The largest absolute Gasteiger partial charge is 0.489 e. The maximum absolute atomic E-state index is 12.2. The number of nitrogens with zero attached hydrogens (tertiary/aromatic N) is 9. The predicted molar refractivity (Wildman–Crippen MR) is 548 cm³/mol. The summed E-state index contributed by atoms with van der Waals surface area (Å²) < 4.78 is 50.1. The van der Waals surface area contributed by atoms with Crippen LogP contribution in [0.15, 0.2) is 268 Å². The van der Waals surface area contributed by atoms with Crippen molar-refractivity contribution in [3.8, 4) is 57.8 Å². The van der Waals surface area contributed by atoms with Gasteiger partial charge in [0.25, 0.3) is 5.91 Å². The minimum Gasteiger partial charge on any atom is -0.489 e. The zero-order chi connectivity index (χ0) is 97.5. The van der Waals surface area contributed by atoms with Gasteiger partial charge in [-0.2, -0.15) is 0 Å². The third-order valence-electron chi connectivity index (χ3n) is 23.3. The lowest BCUT2D eigenvalue weighted by molar-refractivity contribution is 0.0237. The lowest BCUT2D eigenvalue weighted by atomic mass is 9.86. The first-order valence-electron chi connectivity index (χ1n) is 48.8. The summed E-state index contributed by atoms with van der Waals surface area (Å²) in [6, 6.07) is 73.5. The number of hydrogen-bond donors (Lipinski definition) is 0. The van der Waals surface area contributed by atoms with Crippen LogP contribution < -0.4 is 28.4 Å². The van der Waals surface area contributed by atoms with E-state index in [1.165, 1.54) is 34.9 Å². The minimum atomic E-state index is 0.188. The van der Waals surface area contributed by atoms with Gasteiger partial charge in [0.2, 0.25) is 18.8 Å². The Labute approximate surface area is 808 Å². The number of urea groups is 1. The molecule has 0 saturated carbocycles. The molecule has 10 heterocycles. The third-order valence-corrected chi connectivity index (χ3v) is 23.3. The van der Waals surface area contributed by atoms with Crippen molar-refractivity contribution in [3.05, 3.63) is 318 Å². The number of para-hydroxylation sites is 1. The van der Waals surface area contributed by atoms with Crippen LogP contribution in [0.5, 0.6) is 57.8 Å². The molecule has 724 valence electrons. The monoisotopic (exact) mass is 1840 g/mol. The molecule has 5 fully saturated rings. The van der Waals surface area contributed by atoms with E-state index in [1.54, 1.807) is 31.0 Å². The van der Waals surface area contributed by atoms with Gasteiger partial charge >= 0.3 is 6.03 Å². The number of hydrogen-bond acceptors (Lipinski definition) is 16. The Morgan fingerprint density at radius 3 is 1.11 bits per heavy atom. The van der Waals surface area contributed by atoms with Crippen LogP contribution in [0.1, 0.15) is 255 Å². The number of piperidine rings is 2. The number of aromatic nitrogens is 5. The smallest absolute Gasteiger partial charge is 0.320 e. The summed E-state index contributed by atoms with van der Waals surface area (Å²) in [5, 5.41) is 0. The quantitative estimate of drug-likeness (QED) is 0.0616. The lowest BCUT2D eigenvalue weighted by Crippen LogP contribution is -2.50. The van der Waals surface area contributed by atoms with Crippen LogP contribution in [-0.4, -0.2) is 150 Å². The molecule has 0 N–H and O–H groups in total. The number of rotatable bonds is 21. The highest BCUT2D eigenvalue weighted by molar-refractivity contribution is 5.94. The molecule has 3 amide bonds. The van der Waals surface area contributed by atoms with Gasteiger partial charge in [0.15, 0.2) is 0 Å². The first kappa shape index (κ1) is 110. The molecule has 0 bridgehead atoms. The molecule has 5 saturated heterocycles. The van der Waals surface area contributed by atoms with Crippen molar-refractivity contribution in [2.75, 3.05) is 86.0 Å². The normalized spacial score (nSPS) is 14.4. The van der Waals surface area contributed by atoms with E-state index in [2.05, 4.69) is 195 Å². The second-order valence-corrected chi connectivity index (χ2v) is 36.1. The fourth-order valence-electron chi connectivity index (χ4n) is 14.7. The zero-order valence-corrected chi connectivity index (χ0v) is 84.0. The van der Waals surface area contributed by atoms with Crippen molar-refractivity contribution in [2.24, 2.45) is 23.7 Å². The summed E-state index contributed by atoms with van der Waals surface area (Å²) in [4.78, 5) is 53.9. The molecule has 5 aromatic heterocycles. The van der Waals surface area contributed by atoms with E-state index >= 15 is 0 Å². The average Bonchev–Trinajstić information content (AvgIpc) is 0.854. The Morgan fingerprint density at radius 2 is 0.711 bits per heavy atom. The first-order valence-corrected chi connectivity index (χ1v) is 48.8. The molecule has 20 heteroatoms. The van der Waals surface area contributed by atoms with Gasteiger partial charge in [-0.05, 0) is 228 Å². The van der Waals surface area contributed by atoms with E-state index in [9.17, 15) is 9.59 Å². The number of morpholine rings is 1. The Bertz CT molecular complexity index is 4520. The van der Waals surface area contributed by atoms with Crippen LogP contribution in [0.25, 0.3) is 4.85 Å². The number of carbonyl (C=O) groups is 2. The molecule has 135 heavy (non-hydrogen) atoms. The first-order chi connectivity index (χ1) is 65.3. The molecule has 6 aromatic carbocycles. The van der Waals surface area contributed by atoms with Gasteiger partial charge in [0.05, 0.1) is 52.0 Å². The molecule has 11 aromatic rings. The van der Waals surface area contributed by atoms with E-state index in [4.69, 9.17) is 49.2 Å². The summed E-state index contributed by atoms with van der Waals surface area (Å²) in [6.45, 7) is 54.8. The molecular formula is C115H153N9O11. The van der Waals surface area contributed by atoms with Gasteiger partial charge < -0.3 is 62.2 Å². The molecule has 0 atom stereocenters. The van der Waals surface area contributed by atoms with Gasteiger partial charge in [-0.25, -0.2) is 21.3 Å². The van der Waals surface area contributed by atoms with Crippen LogP contribution >= 0.6 is 0 Å².